The van der Waals surface area contributed by atoms with Crippen LogP contribution in [-0.4, -0.2) is 32.5 Å². The van der Waals surface area contributed by atoms with Crippen LogP contribution >= 0.6 is 0 Å². The van der Waals surface area contributed by atoms with E-state index in [2.05, 4.69) is 15.5 Å². The van der Waals surface area contributed by atoms with Crippen molar-refractivity contribution < 1.29 is 5.21 Å². The lowest BCUT2D eigenvalue weighted by molar-refractivity contribution is 0.317. The first-order valence-electron chi connectivity index (χ1n) is 4.03. The van der Waals surface area contributed by atoms with E-state index in [1.807, 2.05) is 0 Å². The number of aromatic nitrogens is 3. The van der Waals surface area contributed by atoms with E-state index in [1.165, 1.54) is 0 Å². The molecule has 1 aromatic heterocycles. The van der Waals surface area contributed by atoms with Crippen LogP contribution in [0.1, 0.15) is 12.6 Å². The predicted octanol–water partition coefficient (Wildman–Crippen LogP) is -0.371. The standard InChI is InChI=1S/C7H13N5O/c1-6(10-13)4-7-5-12(3-2-8)11-9-7/h5,13H,2-4,8H2,1H3/b10-6-. The Hall–Kier alpha value is -1.43. The van der Waals surface area contributed by atoms with Gasteiger partial charge < -0.3 is 10.9 Å². The van der Waals surface area contributed by atoms with Crippen molar-refractivity contribution in [3.8, 4) is 0 Å². The van der Waals surface area contributed by atoms with Crippen molar-refractivity contribution >= 4 is 5.71 Å². The number of hydrogen-bond acceptors (Lipinski definition) is 5. The molecule has 0 aliphatic heterocycles. The highest BCUT2D eigenvalue weighted by molar-refractivity contribution is 5.83. The Morgan fingerprint density at radius 3 is 3.15 bits per heavy atom. The highest BCUT2D eigenvalue weighted by Crippen LogP contribution is 1.95. The Balaban J connectivity index is 2.58. The molecule has 0 aromatic carbocycles. The summed E-state index contributed by atoms with van der Waals surface area (Å²) in [7, 11) is 0. The lowest BCUT2D eigenvalue weighted by atomic mass is 10.2. The molecular formula is C7H13N5O. The molecular weight excluding hydrogens is 170 g/mol. The monoisotopic (exact) mass is 183 g/mol. The average Bonchev–Trinajstić information content (AvgIpc) is 2.53. The zero-order valence-corrected chi connectivity index (χ0v) is 7.51. The van der Waals surface area contributed by atoms with Gasteiger partial charge in [0.25, 0.3) is 0 Å². The third-order valence-corrected chi connectivity index (χ3v) is 1.55. The largest absolute Gasteiger partial charge is 0.411 e. The molecule has 3 N–H and O–H groups in total. The van der Waals surface area contributed by atoms with Crippen molar-refractivity contribution in [3.05, 3.63) is 11.9 Å². The van der Waals surface area contributed by atoms with Crippen molar-refractivity contribution in [3.63, 3.8) is 0 Å². The first kappa shape index (κ1) is 9.66. The minimum Gasteiger partial charge on any atom is -0.411 e. The van der Waals surface area contributed by atoms with Crippen LogP contribution in [0.25, 0.3) is 0 Å². The summed E-state index contributed by atoms with van der Waals surface area (Å²) in [6.07, 6.45) is 2.31. The van der Waals surface area contributed by atoms with E-state index < -0.39 is 0 Å². The molecule has 6 heteroatoms. The van der Waals surface area contributed by atoms with Crippen molar-refractivity contribution in [2.45, 2.75) is 19.9 Å². The van der Waals surface area contributed by atoms with Crippen LogP contribution in [0, 0.1) is 0 Å². The summed E-state index contributed by atoms with van der Waals surface area (Å²) in [6, 6.07) is 0. The van der Waals surface area contributed by atoms with Gasteiger partial charge >= 0.3 is 0 Å². The molecule has 0 spiro atoms. The average molecular weight is 183 g/mol. The van der Waals surface area contributed by atoms with Gasteiger partial charge in [0.15, 0.2) is 0 Å². The first-order valence-corrected chi connectivity index (χ1v) is 4.03. The molecule has 0 fully saturated rings. The van der Waals surface area contributed by atoms with Crippen LogP contribution in [-0.2, 0) is 13.0 Å². The fraction of sp³-hybridized carbons (Fsp3) is 0.571. The zero-order chi connectivity index (χ0) is 9.68. The van der Waals surface area contributed by atoms with Gasteiger partial charge in [-0.15, -0.1) is 5.10 Å². The van der Waals surface area contributed by atoms with E-state index in [0.29, 0.717) is 25.2 Å². The topological polar surface area (TPSA) is 89.3 Å². The smallest absolute Gasteiger partial charge is 0.0884 e. The molecule has 0 aliphatic rings. The number of rotatable bonds is 4. The number of nitrogens with two attached hydrogens (primary N) is 1. The lowest BCUT2D eigenvalue weighted by Crippen LogP contribution is -2.10. The Morgan fingerprint density at radius 2 is 2.54 bits per heavy atom. The van der Waals surface area contributed by atoms with Gasteiger partial charge in [0.1, 0.15) is 0 Å². The van der Waals surface area contributed by atoms with E-state index in [4.69, 9.17) is 10.9 Å². The molecule has 1 aromatic rings. The molecule has 0 saturated carbocycles. The Kier molecular flexibility index (Phi) is 3.39. The molecule has 6 nitrogen and oxygen atoms in total. The molecule has 0 bridgehead atoms. The molecule has 1 rings (SSSR count). The molecule has 13 heavy (non-hydrogen) atoms. The van der Waals surface area contributed by atoms with Gasteiger partial charge in [0.05, 0.1) is 18.0 Å². The summed E-state index contributed by atoms with van der Waals surface area (Å²) < 4.78 is 1.67. The van der Waals surface area contributed by atoms with Crippen molar-refractivity contribution in [1.82, 2.24) is 15.0 Å². The Bertz CT molecular complexity index is 293. The normalized spacial score (nSPS) is 12.0. The first-order chi connectivity index (χ1) is 6.26. The van der Waals surface area contributed by atoms with Gasteiger partial charge in [-0.05, 0) is 6.92 Å². The highest BCUT2D eigenvalue weighted by atomic mass is 16.4. The Morgan fingerprint density at radius 1 is 1.77 bits per heavy atom. The zero-order valence-electron chi connectivity index (χ0n) is 7.51. The van der Waals surface area contributed by atoms with E-state index in [-0.39, 0.29) is 0 Å². The van der Waals surface area contributed by atoms with Crippen LogP contribution in [0.4, 0.5) is 0 Å². The molecule has 0 amide bonds. The van der Waals surface area contributed by atoms with Crippen LogP contribution in [0.3, 0.4) is 0 Å². The second-order valence-corrected chi connectivity index (χ2v) is 2.77. The number of hydrogen-bond donors (Lipinski definition) is 2. The van der Waals surface area contributed by atoms with Gasteiger partial charge in [-0.25, -0.2) is 0 Å². The Labute approximate surface area is 76.0 Å². The summed E-state index contributed by atoms with van der Waals surface area (Å²) in [4.78, 5) is 0. The molecule has 72 valence electrons. The van der Waals surface area contributed by atoms with Crippen LogP contribution in [0.5, 0.6) is 0 Å². The molecule has 0 radical (unpaired) electrons. The predicted molar refractivity (Wildman–Crippen MR) is 47.7 cm³/mol. The lowest BCUT2D eigenvalue weighted by Gasteiger charge is -1.93. The second kappa shape index (κ2) is 4.56. The van der Waals surface area contributed by atoms with Gasteiger partial charge in [0.2, 0.25) is 0 Å². The van der Waals surface area contributed by atoms with Gasteiger partial charge in [-0.2, -0.15) is 0 Å². The molecule has 0 aliphatic carbocycles. The van der Waals surface area contributed by atoms with E-state index in [1.54, 1.807) is 17.8 Å². The summed E-state index contributed by atoms with van der Waals surface area (Å²) in [5.74, 6) is 0. The van der Waals surface area contributed by atoms with E-state index >= 15 is 0 Å². The van der Waals surface area contributed by atoms with Crippen molar-refractivity contribution in [2.75, 3.05) is 6.54 Å². The highest BCUT2D eigenvalue weighted by Gasteiger charge is 2.01. The van der Waals surface area contributed by atoms with Crippen molar-refractivity contribution in [2.24, 2.45) is 10.9 Å². The number of oxime groups is 1. The third kappa shape index (κ3) is 2.83. The summed E-state index contributed by atoms with van der Waals surface area (Å²) >= 11 is 0. The molecule has 0 saturated heterocycles. The van der Waals surface area contributed by atoms with E-state index in [9.17, 15) is 0 Å². The van der Waals surface area contributed by atoms with Crippen LogP contribution in [0.15, 0.2) is 11.4 Å². The van der Waals surface area contributed by atoms with Crippen LogP contribution in [0.2, 0.25) is 0 Å². The van der Waals surface area contributed by atoms with Crippen LogP contribution < -0.4 is 5.73 Å². The SMILES string of the molecule is C/C(Cc1cn(CCN)nn1)=N/O. The third-order valence-electron chi connectivity index (χ3n) is 1.55. The fourth-order valence-electron chi connectivity index (χ4n) is 0.959. The maximum Gasteiger partial charge on any atom is 0.0884 e. The molecule has 0 unspecified atom stereocenters. The fourth-order valence-corrected chi connectivity index (χ4v) is 0.959. The summed E-state index contributed by atoms with van der Waals surface area (Å²) in [6.45, 7) is 2.92. The minimum absolute atomic E-state index is 0.515. The summed E-state index contributed by atoms with van der Waals surface area (Å²) in [5, 5.41) is 19.2. The van der Waals surface area contributed by atoms with Crippen molar-refractivity contribution in [1.29, 1.82) is 0 Å². The second-order valence-electron chi connectivity index (χ2n) is 2.77. The maximum atomic E-state index is 8.42. The quantitative estimate of drug-likeness (QED) is 0.378. The minimum atomic E-state index is 0.515. The number of nitrogens with zero attached hydrogens (tertiary/aromatic N) is 4. The van der Waals surface area contributed by atoms with Gasteiger partial charge in [-0.1, -0.05) is 10.4 Å². The van der Waals surface area contributed by atoms with Gasteiger partial charge in [0, 0.05) is 19.2 Å². The molecule has 0 atom stereocenters. The van der Waals surface area contributed by atoms with E-state index in [0.717, 1.165) is 5.69 Å². The molecule has 1 heterocycles. The maximum absolute atomic E-state index is 8.42. The summed E-state index contributed by atoms with van der Waals surface area (Å²) in [5.41, 5.74) is 6.74. The van der Waals surface area contributed by atoms with Gasteiger partial charge in [-0.3, -0.25) is 4.68 Å².